The van der Waals surface area contributed by atoms with Crippen molar-refractivity contribution in [2.45, 2.75) is 57.9 Å². The molecule has 2 rings (SSSR count). The molecule has 0 aliphatic heterocycles. The molecule has 4 heteroatoms. The number of fused-ring (bicyclic) bond motifs is 1. The molecule has 0 saturated carbocycles. The molecule has 1 aliphatic rings. The molecule has 1 aromatic heterocycles. The van der Waals surface area contributed by atoms with Gasteiger partial charge in [-0.3, -0.25) is 0 Å². The van der Waals surface area contributed by atoms with Gasteiger partial charge in [0.05, 0.1) is 12.1 Å². The van der Waals surface area contributed by atoms with Crippen LogP contribution >= 0.6 is 0 Å². The highest BCUT2D eigenvalue weighted by Crippen LogP contribution is 2.26. The lowest BCUT2D eigenvalue weighted by Crippen LogP contribution is -2.38. The van der Waals surface area contributed by atoms with Crippen LogP contribution in [0.25, 0.3) is 0 Å². The van der Waals surface area contributed by atoms with Gasteiger partial charge in [-0.15, -0.1) is 0 Å². The van der Waals surface area contributed by atoms with E-state index in [0.29, 0.717) is 0 Å². The average Bonchev–Trinajstić information content (AvgIpc) is 2.64. The Balaban J connectivity index is 2.28. The van der Waals surface area contributed by atoms with Crippen molar-refractivity contribution in [1.29, 1.82) is 0 Å². The standard InChI is InChI=1S/C14H23N3O/c1-3-14(2,9-18)17-13-11-7-5-4-6-8-12(11)15-10-16-13/h10,18H,3-9H2,1-2H3,(H,15,16,17). The molecule has 0 amide bonds. The van der Waals surface area contributed by atoms with Crippen LogP contribution in [0.5, 0.6) is 0 Å². The van der Waals surface area contributed by atoms with Crippen LogP contribution in [0.4, 0.5) is 5.82 Å². The maximum Gasteiger partial charge on any atom is 0.133 e. The maximum absolute atomic E-state index is 9.50. The largest absolute Gasteiger partial charge is 0.394 e. The van der Waals surface area contributed by atoms with Gasteiger partial charge in [-0.05, 0) is 39.0 Å². The summed E-state index contributed by atoms with van der Waals surface area (Å²) in [6.07, 6.45) is 8.28. The zero-order valence-electron chi connectivity index (χ0n) is 11.4. The van der Waals surface area contributed by atoms with E-state index in [1.807, 2.05) is 6.92 Å². The Morgan fingerprint density at radius 2 is 2.06 bits per heavy atom. The Hall–Kier alpha value is -1.16. The SMILES string of the molecule is CCC(C)(CO)Nc1ncnc2c1CCCCC2. The molecule has 18 heavy (non-hydrogen) atoms. The first-order valence-corrected chi connectivity index (χ1v) is 6.90. The summed E-state index contributed by atoms with van der Waals surface area (Å²) in [7, 11) is 0. The minimum atomic E-state index is -0.297. The van der Waals surface area contributed by atoms with Gasteiger partial charge in [0.25, 0.3) is 0 Å². The first kappa shape index (κ1) is 13.3. The van der Waals surface area contributed by atoms with Gasteiger partial charge in [0.15, 0.2) is 0 Å². The lowest BCUT2D eigenvalue weighted by molar-refractivity contribution is 0.218. The highest BCUT2D eigenvalue weighted by Gasteiger charge is 2.23. The Bertz CT molecular complexity index is 402. The molecule has 1 unspecified atom stereocenters. The number of hydrogen-bond donors (Lipinski definition) is 2. The van der Waals surface area contributed by atoms with Gasteiger partial charge in [-0.25, -0.2) is 9.97 Å². The second kappa shape index (κ2) is 5.65. The summed E-state index contributed by atoms with van der Waals surface area (Å²) in [5, 5.41) is 12.9. The number of anilines is 1. The van der Waals surface area contributed by atoms with Crippen LogP contribution < -0.4 is 5.32 Å². The van der Waals surface area contributed by atoms with Crippen LogP contribution in [0.1, 0.15) is 50.8 Å². The molecule has 0 fully saturated rings. The monoisotopic (exact) mass is 249 g/mol. The van der Waals surface area contributed by atoms with Gasteiger partial charge >= 0.3 is 0 Å². The fourth-order valence-electron chi connectivity index (χ4n) is 2.33. The first-order chi connectivity index (χ1) is 8.68. The Morgan fingerprint density at radius 1 is 1.28 bits per heavy atom. The van der Waals surface area contributed by atoms with E-state index in [2.05, 4.69) is 22.2 Å². The van der Waals surface area contributed by atoms with E-state index < -0.39 is 0 Å². The van der Waals surface area contributed by atoms with Crippen molar-refractivity contribution in [2.24, 2.45) is 0 Å². The van der Waals surface area contributed by atoms with Crippen molar-refractivity contribution < 1.29 is 5.11 Å². The summed E-state index contributed by atoms with van der Waals surface area (Å²) in [5.41, 5.74) is 2.14. The molecular formula is C14H23N3O. The van der Waals surface area contributed by atoms with Crippen LogP contribution in [-0.4, -0.2) is 27.2 Å². The van der Waals surface area contributed by atoms with Crippen LogP contribution in [-0.2, 0) is 12.8 Å². The number of rotatable bonds is 4. The van der Waals surface area contributed by atoms with Crippen molar-refractivity contribution in [3.63, 3.8) is 0 Å². The summed E-state index contributed by atoms with van der Waals surface area (Å²) in [6.45, 7) is 4.21. The van der Waals surface area contributed by atoms with E-state index >= 15 is 0 Å². The number of aliphatic hydroxyl groups is 1. The fourth-order valence-corrected chi connectivity index (χ4v) is 2.33. The van der Waals surface area contributed by atoms with E-state index in [9.17, 15) is 5.11 Å². The molecule has 100 valence electrons. The summed E-state index contributed by atoms with van der Waals surface area (Å²) in [4.78, 5) is 8.79. The maximum atomic E-state index is 9.50. The molecule has 0 radical (unpaired) electrons. The predicted octanol–water partition coefficient (Wildman–Crippen LogP) is 2.32. The number of aliphatic hydroxyl groups excluding tert-OH is 1. The van der Waals surface area contributed by atoms with Crippen LogP contribution in [0.3, 0.4) is 0 Å². The third-order valence-corrected chi connectivity index (χ3v) is 3.92. The molecule has 1 atom stereocenters. The smallest absolute Gasteiger partial charge is 0.133 e. The average molecular weight is 249 g/mol. The minimum Gasteiger partial charge on any atom is -0.394 e. The van der Waals surface area contributed by atoms with Gasteiger partial charge in [0.2, 0.25) is 0 Å². The van der Waals surface area contributed by atoms with E-state index in [-0.39, 0.29) is 12.1 Å². The molecule has 1 aliphatic carbocycles. The Labute approximate surface area is 109 Å². The van der Waals surface area contributed by atoms with Gasteiger partial charge < -0.3 is 10.4 Å². The van der Waals surface area contributed by atoms with E-state index in [0.717, 1.165) is 25.1 Å². The Morgan fingerprint density at radius 3 is 2.78 bits per heavy atom. The topological polar surface area (TPSA) is 58.0 Å². The van der Waals surface area contributed by atoms with Gasteiger partial charge in [0, 0.05) is 11.3 Å². The zero-order chi connectivity index (χ0) is 13.0. The molecule has 0 aromatic carbocycles. The molecule has 0 spiro atoms. The lowest BCUT2D eigenvalue weighted by Gasteiger charge is -2.29. The third kappa shape index (κ3) is 2.80. The highest BCUT2D eigenvalue weighted by atomic mass is 16.3. The molecule has 0 bridgehead atoms. The highest BCUT2D eigenvalue weighted by molar-refractivity contribution is 5.48. The number of aryl methyl sites for hydroxylation is 1. The van der Waals surface area contributed by atoms with Gasteiger partial charge in [-0.2, -0.15) is 0 Å². The quantitative estimate of drug-likeness (QED) is 0.804. The lowest BCUT2D eigenvalue weighted by atomic mass is 9.99. The third-order valence-electron chi connectivity index (χ3n) is 3.92. The van der Waals surface area contributed by atoms with Gasteiger partial charge in [-0.1, -0.05) is 13.3 Å². The molecule has 4 nitrogen and oxygen atoms in total. The number of nitrogens with zero attached hydrogens (tertiary/aromatic N) is 2. The summed E-state index contributed by atoms with van der Waals surface area (Å²) >= 11 is 0. The number of aromatic nitrogens is 2. The second-order valence-corrected chi connectivity index (χ2v) is 5.41. The van der Waals surface area contributed by atoms with Crippen LogP contribution in [0.15, 0.2) is 6.33 Å². The van der Waals surface area contributed by atoms with Crippen molar-refractivity contribution in [2.75, 3.05) is 11.9 Å². The van der Waals surface area contributed by atoms with E-state index in [4.69, 9.17) is 0 Å². The normalized spacial score (nSPS) is 18.6. The van der Waals surface area contributed by atoms with Crippen molar-refractivity contribution in [1.82, 2.24) is 9.97 Å². The van der Waals surface area contributed by atoms with Gasteiger partial charge in [0.1, 0.15) is 12.1 Å². The molecule has 1 aromatic rings. The van der Waals surface area contributed by atoms with E-state index in [1.165, 1.54) is 30.5 Å². The van der Waals surface area contributed by atoms with Crippen molar-refractivity contribution in [3.8, 4) is 0 Å². The summed E-state index contributed by atoms with van der Waals surface area (Å²) in [5.74, 6) is 0.917. The summed E-state index contributed by atoms with van der Waals surface area (Å²) < 4.78 is 0. The molecular weight excluding hydrogens is 226 g/mol. The second-order valence-electron chi connectivity index (χ2n) is 5.41. The minimum absolute atomic E-state index is 0.113. The first-order valence-electron chi connectivity index (χ1n) is 6.90. The fraction of sp³-hybridized carbons (Fsp3) is 0.714. The number of hydrogen-bond acceptors (Lipinski definition) is 4. The molecule has 0 saturated heterocycles. The van der Waals surface area contributed by atoms with Crippen molar-refractivity contribution in [3.05, 3.63) is 17.6 Å². The van der Waals surface area contributed by atoms with Crippen molar-refractivity contribution >= 4 is 5.82 Å². The number of nitrogens with one attached hydrogen (secondary N) is 1. The molecule has 1 heterocycles. The van der Waals surface area contributed by atoms with Crippen LogP contribution in [0.2, 0.25) is 0 Å². The zero-order valence-corrected chi connectivity index (χ0v) is 11.4. The van der Waals surface area contributed by atoms with E-state index in [1.54, 1.807) is 6.33 Å². The Kier molecular flexibility index (Phi) is 4.17. The summed E-state index contributed by atoms with van der Waals surface area (Å²) in [6, 6.07) is 0. The molecule has 2 N–H and O–H groups in total. The van der Waals surface area contributed by atoms with Crippen LogP contribution in [0, 0.1) is 0 Å². The predicted molar refractivity (Wildman–Crippen MR) is 72.7 cm³/mol.